The molecule has 0 atom stereocenters. The molecule has 5 heteroatoms. The molecule has 0 N–H and O–H groups in total. The molecular formula is C16H13BrFNO2. The maximum absolute atomic E-state index is 13.6. The van der Waals surface area contributed by atoms with Crippen molar-refractivity contribution >= 4 is 33.4 Å². The van der Waals surface area contributed by atoms with Crippen molar-refractivity contribution in [3.63, 3.8) is 0 Å². The predicted molar refractivity (Wildman–Crippen MR) is 82.2 cm³/mol. The van der Waals surface area contributed by atoms with Crippen LogP contribution >= 0.6 is 15.9 Å². The first kappa shape index (κ1) is 14.1. The summed E-state index contributed by atoms with van der Waals surface area (Å²) in [5.74, 6) is -0.422. The lowest BCUT2D eigenvalue weighted by molar-refractivity contribution is 0.0374. The van der Waals surface area contributed by atoms with Gasteiger partial charge in [0.25, 0.3) is 0 Å². The molecule has 0 saturated carbocycles. The maximum atomic E-state index is 13.6. The van der Waals surface area contributed by atoms with E-state index in [9.17, 15) is 9.18 Å². The molecule has 1 amide bonds. The van der Waals surface area contributed by atoms with Crippen LogP contribution < -0.4 is 4.90 Å². The molecule has 0 bridgehead atoms. The van der Waals surface area contributed by atoms with Crippen LogP contribution in [0.2, 0.25) is 0 Å². The normalized spacial score (nSPS) is 16.4. The van der Waals surface area contributed by atoms with E-state index in [1.54, 1.807) is 6.07 Å². The van der Waals surface area contributed by atoms with E-state index in [-0.39, 0.29) is 0 Å². The molecular weight excluding hydrogens is 337 g/mol. The SMILES string of the molecule is CC1(C)OC(=O)N(c2cc(F)cc(Br)c2)c2ccccc21. The zero-order chi connectivity index (χ0) is 15.2. The average molecular weight is 350 g/mol. The van der Waals surface area contributed by atoms with Gasteiger partial charge in [-0.15, -0.1) is 0 Å². The van der Waals surface area contributed by atoms with Crippen LogP contribution in [0.15, 0.2) is 46.9 Å². The fraction of sp³-hybridized carbons (Fsp3) is 0.188. The number of amides is 1. The van der Waals surface area contributed by atoms with E-state index < -0.39 is 17.5 Å². The van der Waals surface area contributed by atoms with Gasteiger partial charge >= 0.3 is 6.09 Å². The Bertz CT molecular complexity index is 710. The number of halogens is 2. The zero-order valence-corrected chi connectivity index (χ0v) is 13.1. The lowest BCUT2D eigenvalue weighted by atomic mass is 9.94. The minimum absolute atomic E-state index is 0.422. The second-order valence-electron chi connectivity index (χ2n) is 5.36. The Morgan fingerprint density at radius 3 is 2.62 bits per heavy atom. The highest BCUT2D eigenvalue weighted by atomic mass is 79.9. The van der Waals surface area contributed by atoms with E-state index >= 15 is 0 Å². The van der Waals surface area contributed by atoms with E-state index in [0.29, 0.717) is 15.8 Å². The Balaban J connectivity index is 2.21. The van der Waals surface area contributed by atoms with Gasteiger partial charge in [0, 0.05) is 10.0 Å². The summed E-state index contributed by atoms with van der Waals surface area (Å²) in [5.41, 5.74) is 1.30. The quantitative estimate of drug-likeness (QED) is 0.715. The molecule has 0 aliphatic carbocycles. The molecule has 1 heterocycles. The molecule has 1 aliphatic heterocycles. The number of para-hydroxylation sites is 1. The molecule has 3 rings (SSSR count). The van der Waals surface area contributed by atoms with E-state index in [0.717, 1.165) is 5.56 Å². The van der Waals surface area contributed by atoms with Crippen molar-refractivity contribution in [1.29, 1.82) is 0 Å². The molecule has 0 spiro atoms. The second-order valence-corrected chi connectivity index (χ2v) is 6.27. The molecule has 3 nitrogen and oxygen atoms in total. The molecule has 0 fully saturated rings. The van der Waals surface area contributed by atoms with Gasteiger partial charge in [-0.3, -0.25) is 0 Å². The third-order valence-corrected chi connectivity index (χ3v) is 3.88. The summed E-state index contributed by atoms with van der Waals surface area (Å²) in [6, 6.07) is 11.8. The minimum Gasteiger partial charge on any atom is -0.438 e. The number of carbonyl (C=O) groups excluding carboxylic acids is 1. The highest BCUT2D eigenvalue weighted by Gasteiger charge is 2.38. The van der Waals surface area contributed by atoms with Gasteiger partial charge in [-0.25, -0.2) is 14.1 Å². The van der Waals surface area contributed by atoms with Crippen LogP contribution in [0.25, 0.3) is 0 Å². The summed E-state index contributed by atoms with van der Waals surface area (Å²) < 4.78 is 19.7. The van der Waals surface area contributed by atoms with Crippen molar-refractivity contribution in [3.8, 4) is 0 Å². The monoisotopic (exact) mass is 349 g/mol. The first-order chi connectivity index (χ1) is 9.88. The Hall–Kier alpha value is -1.88. The second kappa shape index (κ2) is 4.84. The van der Waals surface area contributed by atoms with Crippen molar-refractivity contribution in [3.05, 3.63) is 58.3 Å². The number of anilines is 2. The third kappa shape index (κ3) is 2.42. The number of ether oxygens (including phenoxy) is 1. The summed E-state index contributed by atoms with van der Waals surface area (Å²) in [7, 11) is 0. The Morgan fingerprint density at radius 1 is 1.19 bits per heavy atom. The van der Waals surface area contributed by atoms with Crippen LogP contribution in [-0.4, -0.2) is 6.09 Å². The van der Waals surface area contributed by atoms with Crippen LogP contribution in [-0.2, 0) is 10.3 Å². The van der Waals surface area contributed by atoms with Crippen LogP contribution in [0.5, 0.6) is 0 Å². The number of hydrogen-bond acceptors (Lipinski definition) is 2. The predicted octanol–water partition coefficient (Wildman–Crippen LogP) is 5.11. The summed E-state index contributed by atoms with van der Waals surface area (Å²) >= 11 is 3.24. The van der Waals surface area contributed by atoms with Crippen molar-refractivity contribution < 1.29 is 13.9 Å². The fourth-order valence-electron chi connectivity index (χ4n) is 2.51. The Labute approximate surface area is 130 Å². The topological polar surface area (TPSA) is 29.5 Å². The number of fused-ring (bicyclic) bond motifs is 1. The molecule has 0 aromatic heterocycles. The number of rotatable bonds is 1. The first-order valence-corrected chi connectivity index (χ1v) is 7.26. The maximum Gasteiger partial charge on any atom is 0.419 e. The van der Waals surface area contributed by atoms with Gasteiger partial charge in [-0.05, 0) is 38.1 Å². The molecule has 21 heavy (non-hydrogen) atoms. The third-order valence-electron chi connectivity index (χ3n) is 3.42. The molecule has 2 aromatic carbocycles. The summed E-state index contributed by atoms with van der Waals surface area (Å²) in [6.07, 6.45) is -0.517. The van der Waals surface area contributed by atoms with Crippen molar-refractivity contribution in [2.24, 2.45) is 0 Å². The average Bonchev–Trinajstić information content (AvgIpc) is 2.36. The van der Waals surface area contributed by atoms with E-state index in [2.05, 4.69) is 15.9 Å². The number of cyclic esters (lactones) is 1. The van der Waals surface area contributed by atoms with Crippen LogP contribution in [0.1, 0.15) is 19.4 Å². The summed E-state index contributed by atoms with van der Waals surface area (Å²) in [6.45, 7) is 3.67. The number of carbonyl (C=O) groups is 1. The van der Waals surface area contributed by atoms with Gasteiger partial charge in [0.2, 0.25) is 0 Å². The lowest BCUT2D eigenvalue weighted by Crippen LogP contribution is -2.40. The number of hydrogen-bond donors (Lipinski definition) is 0. The minimum atomic E-state index is -0.714. The standard InChI is InChI=1S/C16H13BrFNO2/c1-16(2)13-5-3-4-6-14(13)19(15(20)21-16)12-8-10(17)7-11(18)9-12/h3-9H,1-2H3. The highest BCUT2D eigenvalue weighted by Crippen LogP contribution is 2.42. The Morgan fingerprint density at radius 2 is 1.90 bits per heavy atom. The van der Waals surface area contributed by atoms with Gasteiger partial charge in [0.15, 0.2) is 0 Å². The van der Waals surface area contributed by atoms with Crippen molar-refractivity contribution in [2.75, 3.05) is 4.90 Å². The van der Waals surface area contributed by atoms with Crippen molar-refractivity contribution in [2.45, 2.75) is 19.4 Å². The van der Waals surface area contributed by atoms with Crippen LogP contribution in [0.4, 0.5) is 20.6 Å². The molecule has 0 saturated heterocycles. The van der Waals surface area contributed by atoms with Gasteiger partial charge in [0.1, 0.15) is 11.4 Å². The smallest absolute Gasteiger partial charge is 0.419 e. The van der Waals surface area contributed by atoms with E-state index in [1.165, 1.54) is 17.0 Å². The summed E-state index contributed by atoms with van der Waals surface area (Å²) in [5, 5.41) is 0. The van der Waals surface area contributed by atoms with Gasteiger partial charge in [0.05, 0.1) is 11.4 Å². The molecule has 0 unspecified atom stereocenters. The molecule has 0 radical (unpaired) electrons. The summed E-state index contributed by atoms with van der Waals surface area (Å²) in [4.78, 5) is 13.7. The van der Waals surface area contributed by atoms with Gasteiger partial charge < -0.3 is 4.74 Å². The van der Waals surface area contributed by atoms with Crippen molar-refractivity contribution in [1.82, 2.24) is 0 Å². The number of benzene rings is 2. The largest absolute Gasteiger partial charge is 0.438 e. The van der Waals surface area contributed by atoms with Crippen LogP contribution in [0, 0.1) is 5.82 Å². The van der Waals surface area contributed by atoms with Gasteiger partial charge in [-0.2, -0.15) is 0 Å². The van der Waals surface area contributed by atoms with E-state index in [1.807, 2.05) is 38.1 Å². The first-order valence-electron chi connectivity index (χ1n) is 6.47. The highest BCUT2D eigenvalue weighted by molar-refractivity contribution is 9.10. The fourth-order valence-corrected chi connectivity index (χ4v) is 2.96. The zero-order valence-electron chi connectivity index (χ0n) is 11.6. The molecule has 1 aliphatic rings. The van der Waals surface area contributed by atoms with E-state index in [4.69, 9.17) is 4.74 Å². The lowest BCUT2D eigenvalue weighted by Gasteiger charge is -2.38. The van der Waals surface area contributed by atoms with Crippen LogP contribution in [0.3, 0.4) is 0 Å². The number of nitrogens with zero attached hydrogens (tertiary/aromatic N) is 1. The Kier molecular flexibility index (Phi) is 3.24. The molecule has 2 aromatic rings. The molecule has 108 valence electrons. The van der Waals surface area contributed by atoms with Gasteiger partial charge in [-0.1, -0.05) is 34.1 Å².